The zero-order chi connectivity index (χ0) is 53.7. The number of carbonyl (C=O) groups is 12. The summed E-state index contributed by atoms with van der Waals surface area (Å²) in [5, 5.41) is 67.2. The van der Waals surface area contributed by atoms with Crippen molar-refractivity contribution in [1.29, 1.82) is 0 Å². The summed E-state index contributed by atoms with van der Waals surface area (Å²) in [6, 6.07) is 2.98. The van der Waals surface area contributed by atoms with Crippen LogP contribution >= 0.6 is 0 Å². The Kier molecular flexibility index (Phi) is 22.5. The third-order valence-electron chi connectivity index (χ3n) is 10.4. The van der Waals surface area contributed by atoms with Crippen LogP contribution in [-0.4, -0.2) is 170 Å². The van der Waals surface area contributed by atoms with Gasteiger partial charge in [-0.3, -0.25) is 52.7 Å². The van der Waals surface area contributed by atoms with Gasteiger partial charge in [-0.15, -0.1) is 0 Å². The molecule has 1 aromatic heterocycles. The Hall–Kier alpha value is -8.66. The van der Waals surface area contributed by atoms with Crippen LogP contribution in [0.2, 0.25) is 0 Å². The van der Waals surface area contributed by atoms with Gasteiger partial charge < -0.3 is 84.1 Å². The van der Waals surface area contributed by atoms with Crippen LogP contribution in [0.1, 0.15) is 44.2 Å². The number of amides is 9. The lowest BCUT2D eigenvalue weighted by Gasteiger charge is -2.23. The molecule has 0 saturated heterocycles. The first-order valence-electron chi connectivity index (χ1n) is 22.0. The first-order valence-corrected chi connectivity index (χ1v) is 22.0. The molecule has 3 aromatic rings. The molecule has 0 saturated carbocycles. The third-order valence-corrected chi connectivity index (χ3v) is 10.4. The van der Waals surface area contributed by atoms with Crippen molar-refractivity contribution in [2.75, 3.05) is 26.2 Å². The molecule has 28 heteroatoms. The number of fused-ring (bicyclic) bond motifs is 1. The highest BCUT2D eigenvalue weighted by Gasteiger charge is 2.31. The fraction of sp³-hybridized carbons (Fsp3) is 0.409. The number of H-pyrrole nitrogens is 1. The number of carbonyl (C=O) groups excluding carboxylic acids is 9. The van der Waals surface area contributed by atoms with Crippen LogP contribution in [0.4, 0.5) is 0 Å². The van der Waals surface area contributed by atoms with Gasteiger partial charge in [-0.05, 0) is 56.0 Å². The minimum atomic E-state index is -1.83. The summed E-state index contributed by atoms with van der Waals surface area (Å²) < 4.78 is 0. The van der Waals surface area contributed by atoms with Crippen LogP contribution in [0.15, 0.2) is 54.7 Å². The Balaban J connectivity index is 1.50. The standard InChI is InChI=1S/C44H57N11O17/c1-21(50-42(69)30(14-24-16-46-28-6-4-3-5-26(24)28)54-40(67)27(45)13-23-7-9-25(57)10-8-23)38(65)48-17-33(58)47-18-34(59)53-31(15-37(63)64)43(70)51-22(2)39(66)55-32(20-56)41(68)49-19-35(60)52-29(44(71)72)11-12-36(61)62/h3-10,16,21-22,27,29-32,46,56-57H,11-15,17-20,45H2,1-2H3,(H,47,58)(H,48,65)(H,49,68)(H,50,69)(H,51,70)(H,52,60)(H,53,59)(H,54,67)(H,55,66)(H,61,62)(H,63,64)(H,71,72). The lowest BCUT2D eigenvalue weighted by Crippen LogP contribution is -2.58. The minimum absolute atomic E-state index is 0.0201. The number of carboxylic acid groups (broad SMARTS) is 3. The molecule has 0 aliphatic rings. The maximum absolute atomic E-state index is 13.6. The van der Waals surface area contributed by atoms with Crippen LogP contribution in [0.3, 0.4) is 0 Å². The molecule has 0 bridgehead atoms. The van der Waals surface area contributed by atoms with E-state index in [2.05, 4.69) is 42.2 Å². The normalized spacial score (nSPS) is 13.7. The van der Waals surface area contributed by atoms with Gasteiger partial charge in [-0.1, -0.05) is 30.3 Å². The number of benzene rings is 2. The average molecular weight is 1010 g/mol. The Bertz CT molecular complexity index is 2480. The van der Waals surface area contributed by atoms with Gasteiger partial charge in [0.1, 0.15) is 42.0 Å². The number of aromatic nitrogens is 1. The van der Waals surface area contributed by atoms with E-state index in [9.17, 15) is 78.0 Å². The van der Waals surface area contributed by atoms with Crippen LogP contribution in [-0.2, 0) is 70.4 Å². The Morgan fingerprint density at radius 2 is 1.12 bits per heavy atom. The highest BCUT2D eigenvalue weighted by atomic mass is 16.4. The summed E-state index contributed by atoms with van der Waals surface area (Å²) in [4.78, 5) is 152. The number of nitrogens with two attached hydrogens (primary N) is 1. The lowest BCUT2D eigenvalue weighted by atomic mass is 10.0. The number of hydrogen-bond acceptors (Lipinski definition) is 15. The molecule has 2 aromatic carbocycles. The number of aromatic hydroxyl groups is 1. The summed E-state index contributed by atoms with van der Waals surface area (Å²) in [6.07, 6.45) is -0.338. The number of nitrogens with one attached hydrogen (secondary N) is 10. The summed E-state index contributed by atoms with van der Waals surface area (Å²) in [6.45, 7) is -1.04. The van der Waals surface area contributed by atoms with Gasteiger partial charge in [-0.25, -0.2) is 4.79 Å². The van der Waals surface area contributed by atoms with E-state index in [0.29, 0.717) is 11.1 Å². The van der Waals surface area contributed by atoms with E-state index >= 15 is 0 Å². The molecule has 7 unspecified atom stereocenters. The summed E-state index contributed by atoms with van der Waals surface area (Å²) in [5.74, 6) is -13.2. The van der Waals surface area contributed by atoms with Crippen molar-refractivity contribution in [2.24, 2.45) is 5.73 Å². The van der Waals surface area contributed by atoms with E-state index in [1.807, 2.05) is 28.8 Å². The fourth-order valence-corrected chi connectivity index (χ4v) is 6.49. The van der Waals surface area contributed by atoms with Gasteiger partial charge in [0.2, 0.25) is 53.2 Å². The molecular formula is C44H57N11O17. The van der Waals surface area contributed by atoms with Crippen molar-refractivity contribution >= 4 is 82.0 Å². The molecule has 7 atom stereocenters. The lowest BCUT2D eigenvalue weighted by molar-refractivity contribution is -0.143. The first kappa shape index (κ1) is 57.7. The van der Waals surface area contributed by atoms with Gasteiger partial charge in [-0.2, -0.15) is 0 Å². The molecule has 28 nitrogen and oxygen atoms in total. The van der Waals surface area contributed by atoms with E-state index in [1.54, 1.807) is 24.4 Å². The zero-order valence-electron chi connectivity index (χ0n) is 38.8. The predicted molar refractivity (Wildman–Crippen MR) is 248 cm³/mol. The van der Waals surface area contributed by atoms with Gasteiger partial charge in [0, 0.05) is 29.9 Å². The summed E-state index contributed by atoms with van der Waals surface area (Å²) in [7, 11) is 0. The quantitative estimate of drug-likeness (QED) is 0.0309. The maximum Gasteiger partial charge on any atom is 0.326 e. The molecule has 0 aliphatic heterocycles. The number of rotatable bonds is 29. The molecule has 0 aliphatic carbocycles. The molecule has 0 radical (unpaired) electrons. The minimum Gasteiger partial charge on any atom is -0.508 e. The molecular weight excluding hydrogens is 955 g/mol. The second-order valence-corrected chi connectivity index (χ2v) is 16.1. The van der Waals surface area contributed by atoms with E-state index in [-0.39, 0.29) is 18.6 Å². The third kappa shape index (κ3) is 19.4. The van der Waals surface area contributed by atoms with E-state index in [4.69, 9.17) is 10.8 Å². The molecule has 0 spiro atoms. The largest absolute Gasteiger partial charge is 0.508 e. The monoisotopic (exact) mass is 1010 g/mol. The average Bonchev–Trinajstić information content (AvgIpc) is 3.74. The number of aliphatic hydroxyl groups excluding tert-OH is 1. The maximum atomic E-state index is 13.6. The Morgan fingerprint density at radius 3 is 1.74 bits per heavy atom. The number of para-hydroxylation sites is 1. The Labute approximate surface area is 409 Å². The van der Waals surface area contributed by atoms with Gasteiger partial charge in [0.25, 0.3) is 0 Å². The van der Waals surface area contributed by atoms with E-state index < -0.39 is 159 Å². The molecule has 390 valence electrons. The molecule has 17 N–H and O–H groups in total. The molecule has 9 amide bonds. The van der Waals surface area contributed by atoms with Crippen molar-refractivity contribution < 1.29 is 83.1 Å². The molecule has 0 fully saturated rings. The molecule has 1 heterocycles. The van der Waals surface area contributed by atoms with Gasteiger partial charge >= 0.3 is 17.9 Å². The number of phenols is 1. The van der Waals surface area contributed by atoms with Crippen molar-refractivity contribution in [1.82, 2.24) is 52.8 Å². The van der Waals surface area contributed by atoms with Crippen molar-refractivity contribution in [3.05, 3.63) is 65.9 Å². The van der Waals surface area contributed by atoms with Crippen molar-refractivity contribution in [3.8, 4) is 5.75 Å². The Morgan fingerprint density at radius 1 is 0.569 bits per heavy atom. The van der Waals surface area contributed by atoms with E-state index in [0.717, 1.165) is 17.8 Å². The van der Waals surface area contributed by atoms with Gasteiger partial charge in [0.05, 0.1) is 38.7 Å². The summed E-state index contributed by atoms with van der Waals surface area (Å²) in [5.41, 5.74) is 8.24. The van der Waals surface area contributed by atoms with Crippen molar-refractivity contribution in [2.45, 2.75) is 88.2 Å². The van der Waals surface area contributed by atoms with Crippen LogP contribution < -0.4 is 53.6 Å². The van der Waals surface area contributed by atoms with Crippen LogP contribution in [0.25, 0.3) is 10.9 Å². The fourth-order valence-electron chi connectivity index (χ4n) is 6.49. The van der Waals surface area contributed by atoms with E-state index in [1.165, 1.54) is 19.1 Å². The van der Waals surface area contributed by atoms with Gasteiger partial charge in [0.15, 0.2) is 0 Å². The molecule has 72 heavy (non-hydrogen) atoms. The second-order valence-electron chi connectivity index (χ2n) is 16.1. The number of phenolic OH excluding ortho intramolecular Hbond substituents is 1. The molecule has 3 rings (SSSR count). The van der Waals surface area contributed by atoms with Crippen molar-refractivity contribution in [3.63, 3.8) is 0 Å². The topological polar surface area (TPSA) is 456 Å². The van der Waals surface area contributed by atoms with Crippen LogP contribution in [0.5, 0.6) is 5.75 Å². The smallest absolute Gasteiger partial charge is 0.326 e. The number of aliphatic hydroxyl groups is 1. The van der Waals surface area contributed by atoms with Crippen LogP contribution in [0, 0.1) is 0 Å². The summed E-state index contributed by atoms with van der Waals surface area (Å²) >= 11 is 0. The SMILES string of the molecule is CC(NC(=O)C(CC(=O)O)NC(=O)CNC(=O)CNC(=O)C(C)NC(=O)C(Cc1c[nH]c2ccccc12)NC(=O)C(N)Cc1ccc(O)cc1)C(=O)NC(CO)C(=O)NCC(=O)NC(CCC(=O)O)C(=O)O. The first-order chi connectivity index (χ1) is 34.0. The highest BCUT2D eigenvalue weighted by molar-refractivity contribution is 5.98. The number of hydrogen-bond donors (Lipinski definition) is 16. The number of aliphatic carboxylic acids is 3. The number of carboxylic acids is 3. The zero-order valence-corrected chi connectivity index (χ0v) is 38.8. The second kappa shape index (κ2) is 28.1. The number of aromatic amines is 1. The highest BCUT2D eigenvalue weighted by Crippen LogP contribution is 2.19. The predicted octanol–water partition coefficient (Wildman–Crippen LogP) is -5.30.